The third-order valence-corrected chi connectivity index (χ3v) is 15.6. The van der Waals surface area contributed by atoms with Crippen LogP contribution in [0, 0.1) is 29.8 Å². The summed E-state index contributed by atoms with van der Waals surface area (Å²) in [5.74, 6) is 1.63. The predicted molar refractivity (Wildman–Crippen MR) is 336 cm³/mol. The van der Waals surface area contributed by atoms with E-state index >= 15 is 0 Å². The summed E-state index contributed by atoms with van der Waals surface area (Å²) in [6.07, 6.45) is 5.75. The van der Waals surface area contributed by atoms with Crippen molar-refractivity contribution in [2.24, 2.45) is 0 Å². The zero-order valence-corrected chi connectivity index (χ0v) is 48.6. The van der Waals surface area contributed by atoms with Gasteiger partial charge >= 0.3 is 0 Å². The summed E-state index contributed by atoms with van der Waals surface area (Å²) in [6.45, 7) is 6.63. The van der Waals surface area contributed by atoms with E-state index in [0.717, 1.165) is 111 Å². The van der Waals surface area contributed by atoms with Crippen LogP contribution < -0.4 is 9.30 Å². The Labute approximate surface area is 503 Å². The van der Waals surface area contributed by atoms with E-state index < -0.39 is 0 Å². The molecule has 0 aliphatic heterocycles. The maximum atomic E-state index is 10.7. The van der Waals surface area contributed by atoms with Crippen LogP contribution in [0.5, 0.6) is 11.5 Å². The smallest absolute Gasteiger partial charge is 0.268 e. The number of pyridine rings is 1. The van der Waals surface area contributed by atoms with Gasteiger partial charge in [0.25, 0.3) is 6.33 Å². The molecule has 0 fully saturated rings. The summed E-state index contributed by atoms with van der Waals surface area (Å²) < 4.78 is 13.1. The van der Waals surface area contributed by atoms with Crippen molar-refractivity contribution in [1.29, 1.82) is 5.26 Å². The fourth-order valence-corrected chi connectivity index (χ4v) is 11.5. The molecule has 0 aliphatic rings. The maximum absolute atomic E-state index is 10.7. The molecule has 0 atom stereocenters. The van der Waals surface area contributed by atoms with E-state index in [1.54, 1.807) is 6.07 Å². The number of nitriles is 1. The van der Waals surface area contributed by atoms with Gasteiger partial charge in [-0.05, 0) is 143 Å². The Morgan fingerprint density at radius 1 is 0.464 bits per heavy atom. The van der Waals surface area contributed by atoms with Gasteiger partial charge in [-0.25, -0.2) is 4.98 Å². The molecular weight excluding hydrogens is 1210 g/mol. The number of hydrogen-bond donors (Lipinski definition) is 0. The third kappa shape index (κ3) is 10.1. The van der Waals surface area contributed by atoms with E-state index in [-0.39, 0.29) is 26.5 Å². The van der Waals surface area contributed by atoms with Gasteiger partial charge in [-0.1, -0.05) is 214 Å². The Morgan fingerprint density at radius 3 is 1.52 bits per heavy atom. The van der Waals surface area contributed by atoms with Gasteiger partial charge in [0.05, 0.1) is 22.8 Å². The van der Waals surface area contributed by atoms with Crippen LogP contribution in [0.1, 0.15) is 31.9 Å². The molecule has 84 heavy (non-hydrogen) atoms. The number of fused-ring (bicyclic) bond motifs is 4. The van der Waals surface area contributed by atoms with Crippen LogP contribution in [0.4, 0.5) is 0 Å². The molecule has 0 saturated heterocycles. The van der Waals surface area contributed by atoms with Crippen LogP contribution in [0.3, 0.4) is 0 Å². The molecule has 0 radical (unpaired) electrons. The van der Waals surface area contributed by atoms with Crippen LogP contribution in [0.25, 0.3) is 117 Å². The van der Waals surface area contributed by atoms with Gasteiger partial charge in [-0.15, -0.1) is 35.7 Å². The molecule has 11 aromatic carbocycles. The monoisotopic (exact) mass is 1260 g/mol. The summed E-state index contributed by atoms with van der Waals surface area (Å²) in [5.41, 5.74) is 19.6. The number of ether oxygens (including phenoxy) is 1. The standard InChI is InChI=1S/C77H53N5O.Pt/c1-77(2,3)63-37-38-79-75(47-63)82-71-32-17-16-29-69(71)70-36-35-65(49-74(70)82)83-66-40-52(50-78)39-64(48-66)80-51-81(73-34-19-18-33-72(73)80)76-67(61-43-57(53-21-8-4-9-22-53)41-58(44-61)54-23-10-5-11-24-54)30-20-31-68(76)62-45-59(55-25-12-6-13-26-55)42-60(46-62)56-27-14-7-15-28-56;/h4-47H,1-3H3;/q-2;. The Bertz CT molecular complexity index is 4540. The number of aromatic nitrogens is 4. The molecule has 14 rings (SSSR count). The molecule has 3 aromatic heterocycles. The zero-order chi connectivity index (χ0) is 56.0. The molecule has 0 aliphatic carbocycles. The van der Waals surface area contributed by atoms with Crippen molar-refractivity contribution in [1.82, 2.24) is 14.1 Å². The van der Waals surface area contributed by atoms with Crippen molar-refractivity contribution in [3.05, 3.63) is 297 Å². The largest absolute Gasteiger partial charge is 0.510 e. The summed E-state index contributed by atoms with van der Waals surface area (Å²) in [7, 11) is 0. The molecule has 14 aromatic rings. The first-order valence-corrected chi connectivity index (χ1v) is 27.9. The maximum Gasteiger partial charge on any atom is 0.268 e. The van der Waals surface area contributed by atoms with Crippen LogP contribution in [0.15, 0.2) is 267 Å². The SMILES string of the molecule is CC(C)(C)c1ccnc(-n2c3[c-]c(Oc4[c-]c(-n5[c-][n+](-c6c(-c7cc(-c8ccccc8)cc(-c8ccccc8)c7)cccc6-c6cc(-c7ccccc7)cc(-c7ccccc7)c6)c6ccccc65)cc(C#N)c4)ccc3c3ccccc32)c1.[Pt]. The van der Waals surface area contributed by atoms with Gasteiger partial charge in [0, 0.05) is 44.3 Å². The van der Waals surface area contributed by atoms with Crippen LogP contribution in [0.2, 0.25) is 0 Å². The minimum Gasteiger partial charge on any atom is -0.510 e. The number of rotatable bonds is 11. The Kier molecular flexibility index (Phi) is 14.1. The average Bonchev–Trinajstić information content (AvgIpc) is 2.16. The van der Waals surface area contributed by atoms with Crippen LogP contribution in [-0.4, -0.2) is 14.1 Å². The minimum atomic E-state index is -0.0800. The quantitative estimate of drug-likeness (QED) is 0.0958. The molecule has 0 N–H and O–H groups in total. The van der Waals surface area contributed by atoms with Gasteiger partial charge in [0.1, 0.15) is 5.82 Å². The summed E-state index contributed by atoms with van der Waals surface area (Å²) in [5, 5.41) is 12.9. The molecule has 0 unspecified atom stereocenters. The first-order chi connectivity index (χ1) is 40.7. The molecule has 6 nitrogen and oxygen atoms in total. The van der Waals surface area contributed by atoms with Gasteiger partial charge in [-0.3, -0.25) is 4.57 Å². The number of benzene rings is 11. The third-order valence-electron chi connectivity index (χ3n) is 15.6. The van der Waals surface area contributed by atoms with Gasteiger partial charge in [-0.2, -0.15) is 11.3 Å². The van der Waals surface area contributed by atoms with Gasteiger partial charge in [0.2, 0.25) is 0 Å². The number of imidazole rings is 1. The minimum absolute atomic E-state index is 0. The topological polar surface area (TPSA) is 59.6 Å². The second-order valence-corrected chi connectivity index (χ2v) is 21.9. The molecule has 0 amide bonds. The average molecular weight is 1260 g/mol. The van der Waals surface area contributed by atoms with Crippen molar-refractivity contribution in [2.45, 2.75) is 26.2 Å². The fraction of sp³-hybridized carbons (Fsp3) is 0.0519. The van der Waals surface area contributed by atoms with Crippen molar-refractivity contribution < 1.29 is 30.4 Å². The van der Waals surface area contributed by atoms with Gasteiger partial charge < -0.3 is 13.9 Å². The van der Waals surface area contributed by atoms with E-state index in [1.165, 1.54) is 5.56 Å². The Balaban J connectivity index is 0.00000658. The summed E-state index contributed by atoms with van der Waals surface area (Å²) in [6, 6.07) is 101. The molecular formula is C77H53N5OPt-2. The van der Waals surface area contributed by atoms with E-state index in [1.807, 2.05) is 35.0 Å². The van der Waals surface area contributed by atoms with E-state index in [4.69, 9.17) is 9.72 Å². The molecule has 0 saturated carbocycles. The molecule has 7 heteroatoms. The second-order valence-electron chi connectivity index (χ2n) is 21.9. The number of nitrogens with zero attached hydrogens (tertiary/aromatic N) is 5. The van der Waals surface area contributed by atoms with E-state index in [0.29, 0.717) is 22.7 Å². The van der Waals surface area contributed by atoms with Crippen molar-refractivity contribution >= 4 is 32.8 Å². The van der Waals surface area contributed by atoms with Crippen molar-refractivity contribution in [2.75, 3.05) is 0 Å². The van der Waals surface area contributed by atoms with Crippen molar-refractivity contribution in [3.8, 4) is 102 Å². The summed E-state index contributed by atoms with van der Waals surface area (Å²) in [4.78, 5) is 4.89. The van der Waals surface area contributed by atoms with E-state index in [2.05, 4.69) is 285 Å². The van der Waals surface area contributed by atoms with Gasteiger partial charge in [0.15, 0.2) is 0 Å². The zero-order valence-electron chi connectivity index (χ0n) is 46.4. The second kappa shape index (κ2) is 22.3. The van der Waals surface area contributed by atoms with E-state index in [9.17, 15) is 5.26 Å². The number of para-hydroxylation sites is 4. The van der Waals surface area contributed by atoms with Crippen LogP contribution in [-0.2, 0) is 26.5 Å². The Morgan fingerprint density at radius 2 is 0.976 bits per heavy atom. The normalized spacial score (nSPS) is 11.4. The van der Waals surface area contributed by atoms with Crippen LogP contribution >= 0.6 is 0 Å². The Hall–Kier alpha value is -10.2. The first-order valence-electron chi connectivity index (χ1n) is 27.9. The van der Waals surface area contributed by atoms with Crippen molar-refractivity contribution in [3.63, 3.8) is 0 Å². The predicted octanol–water partition coefficient (Wildman–Crippen LogP) is 18.8. The molecule has 3 heterocycles. The first kappa shape index (κ1) is 53.1. The number of hydrogen-bond acceptors (Lipinski definition) is 3. The molecule has 0 spiro atoms. The molecule has 0 bridgehead atoms. The summed E-state index contributed by atoms with van der Waals surface area (Å²) >= 11 is 0. The molecule has 404 valence electrons. The fourth-order valence-electron chi connectivity index (χ4n) is 11.5.